The van der Waals surface area contributed by atoms with E-state index in [1.165, 1.54) is 34.6 Å². The van der Waals surface area contributed by atoms with Gasteiger partial charge in [0.2, 0.25) is 0 Å². The van der Waals surface area contributed by atoms with Crippen LogP contribution in [0.4, 0.5) is 0 Å². The van der Waals surface area contributed by atoms with Gasteiger partial charge in [-0.3, -0.25) is 34.6 Å². The van der Waals surface area contributed by atoms with E-state index in [-0.39, 0.29) is 50.7 Å². The molecule has 0 aromatic rings. The second kappa shape index (κ2) is 17.0. The number of aliphatic hydroxyl groups excluding tert-OH is 1. The third-order valence-electron chi connectivity index (χ3n) is 4.34. The smallest absolute Gasteiger partial charge is 0.302 e. The van der Waals surface area contributed by atoms with Gasteiger partial charge in [-0.1, -0.05) is 0 Å². The lowest BCUT2D eigenvalue weighted by Crippen LogP contribution is -2.62. The van der Waals surface area contributed by atoms with Gasteiger partial charge in [-0.2, -0.15) is 0 Å². The quantitative estimate of drug-likeness (QED) is 0.214. The summed E-state index contributed by atoms with van der Waals surface area (Å²) in [6.45, 7) is 17.1. The van der Waals surface area contributed by atoms with Crippen molar-refractivity contribution in [3.8, 4) is 0 Å². The Bertz CT molecular complexity index is 750. The molecule has 13 nitrogen and oxygen atoms in total. The SMILES string of the molecule is CC(=O)OCC(CO)(COC(C)=O)NC(C)(C)C.CC(=O)OCC(COC(C)=O)(COC(C)=O)NC(C)(C)C. The Morgan fingerprint density at radius 1 is 0.487 bits per heavy atom. The largest absolute Gasteiger partial charge is 0.464 e. The average Bonchev–Trinajstić information content (AvgIpc) is 2.75. The molecular weight excluding hydrogens is 516 g/mol. The molecule has 3 N–H and O–H groups in total. The van der Waals surface area contributed by atoms with Crippen LogP contribution in [-0.2, 0) is 47.7 Å². The van der Waals surface area contributed by atoms with Gasteiger partial charge in [0.25, 0.3) is 0 Å². The molecule has 0 saturated heterocycles. The summed E-state index contributed by atoms with van der Waals surface area (Å²) < 4.78 is 24.9. The third-order valence-corrected chi connectivity index (χ3v) is 4.34. The molecule has 39 heavy (non-hydrogen) atoms. The highest BCUT2D eigenvalue weighted by atomic mass is 16.6. The molecule has 0 fully saturated rings. The number of nitrogens with one attached hydrogen (secondary N) is 2. The van der Waals surface area contributed by atoms with Crippen LogP contribution < -0.4 is 10.6 Å². The second-order valence-electron chi connectivity index (χ2n) is 11.4. The molecule has 0 bridgehead atoms. The van der Waals surface area contributed by atoms with Gasteiger partial charge in [0, 0.05) is 45.7 Å². The van der Waals surface area contributed by atoms with E-state index in [0.29, 0.717) is 0 Å². The fourth-order valence-corrected chi connectivity index (χ4v) is 3.27. The van der Waals surface area contributed by atoms with Crippen LogP contribution in [0, 0.1) is 0 Å². The van der Waals surface area contributed by atoms with Crippen molar-refractivity contribution in [3.63, 3.8) is 0 Å². The zero-order valence-corrected chi connectivity index (χ0v) is 25.3. The van der Waals surface area contributed by atoms with Gasteiger partial charge >= 0.3 is 29.8 Å². The summed E-state index contributed by atoms with van der Waals surface area (Å²) in [6.07, 6.45) is 0. The number of ether oxygens (including phenoxy) is 5. The minimum Gasteiger partial charge on any atom is -0.464 e. The first-order chi connectivity index (χ1) is 17.6. The summed E-state index contributed by atoms with van der Waals surface area (Å²) in [4.78, 5) is 54.9. The summed E-state index contributed by atoms with van der Waals surface area (Å²) >= 11 is 0. The number of hydrogen-bond donors (Lipinski definition) is 3. The van der Waals surface area contributed by atoms with E-state index in [1.807, 2.05) is 41.5 Å². The van der Waals surface area contributed by atoms with Gasteiger partial charge in [-0.05, 0) is 41.5 Å². The monoisotopic (exact) mass is 564 g/mol. The number of carbonyl (C=O) groups excluding carboxylic acids is 5. The Hall–Kier alpha value is -2.77. The molecule has 0 aliphatic heterocycles. The predicted molar refractivity (Wildman–Crippen MR) is 141 cm³/mol. The molecule has 228 valence electrons. The third kappa shape index (κ3) is 21.8. The van der Waals surface area contributed by atoms with E-state index in [4.69, 9.17) is 23.7 Å². The van der Waals surface area contributed by atoms with Crippen LogP contribution in [-0.4, -0.2) is 96.8 Å². The minimum atomic E-state index is -0.999. The van der Waals surface area contributed by atoms with Crippen LogP contribution in [0.25, 0.3) is 0 Å². The van der Waals surface area contributed by atoms with Crippen molar-refractivity contribution in [2.24, 2.45) is 0 Å². The number of esters is 5. The summed E-state index contributed by atoms with van der Waals surface area (Å²) in [5.41, 5.74) is -2.69. The molecule has 0 rings (SSSR count). The van der Waals surface area contributed by atoms with Gasteiger partial charge < -0.3 is 28.8 Å². The Labute approximate surface area is 231 Å². The number of rotatable bonds is 13. The lowest BCUT2D eigenvalue weighted by Gasteiger charge is -2.38. The van der Waals surface area contributed by atoms with Crippen LogP contribution in [0.1, 0.15) is 76.2 Å². The van der Waals surface area contributed by atoms with Gasteiger partial charge in [-0.25, -0.2) is 0 Å². The number of hydrogen-bond acceptors (Lipinski definition) is 13. The van der Waals surface area contributed by atoms with E-state index in [9.17, 15) is 29.1 Å². The van der Waals surface area contributed by atoms with Crippen molar-refractivity contribution in [2.75, 3.05) is 39.6 Å². The van der Waals surface area contributed by atoms with Crippen molar-refractivity contribution in [1.29, 1.82) is 0 Å². The van der Waals surface area contributed by atoms with Gasteiger partial charge in [-0.15, -0.1) is 0 Å². The lowest BCUT2D eigenvalue weighted by molar-refractivity contribution is -0.156. The molecule has 0 heterocycles. The summed E-state index contributed by atoms with van der Waals surface area (Å²) in [6, 6.07) is 0. The maximum Gasteiger partial charge on any atom is 0.302 e. The van der Waals surface area contributed by atoms with Gasteiger partial charge in [0.15, 0.2) is 0 Å². The summed E-state index contributed by atoms with van der Waals surface area (Å²) in [7, 11) is 0. The highest BCUT2D eigenvalue weighted by molar-refractivity contribution is 5.67. The maximum absolute atomic E-state index is 11.1. The van der Waals surface area contributed by atoms with Gasteiger partial charge in [0.05, 0.1) is 6.61 Å². The Morgan fingerprint density at radius 3 is 0.872 bits per heavy atom. The standard InChI is InChI=1S/C14H25NO6.C12H23NO5/c1-10(16)19-7-14(8-20-11(2)17,9-21-12(3)18)15-13(4,5)6;1-9(15)17-7-12(6-14,8-18-10(2)16)13-11(3,4)5/h15H,7-9H2,1-6H3;13-14H,6-8H2,1-5H3. The van der Waals surface area contributed by atoms with E-state index >= 15 is 0 Å². The molecule has 0 aromatic heterocycles. The second-order valence-corrected chi connectivity index (χ2v) is 11.4. The van der Waals surface area contributed by atoms with Crippen molar-refractivity contribution in [1.82, 2.24) is 10.6 Å². The zero-order valence-electron chi connectivity index (χ0n) is 25.3. The molecule has 0 aliphatic carbocycles. The first-order valence-electron chi connectivity index (χ1n) is 12.4. The normalized spacial score (nSPS) is 11.9. The van der Waals surface area contributed by atoms with E-state index < -0.39 is 40.9 Å². The molecule has 0 aromatic carbocycles. The van der Waals surface area contributed by atoms with Crippen LogP contribution in [0.5, 0.6) is 0 Å². The van der Waals surface area contributed by atoms with Crippen molar-refractivity contribution < 1.29 is 52.8 Å². The fraction of sp³-hybridized carbons (Fsp3) is 0.808. The highest BCUT2D eigenvalue weighted by Crippen LogP contribution is 2.16. The molecule has 0 spiro atoms. The maximum atomic E-state index is 11.1. The Kier molecular flexibility index (Phi) is 16.8. The number of carbonyl (C=O) groups is 5. The van der Waals surface area contributed by atoms with Crippen LogP contribution in [0.3, 0.4) is 0 Å². The van der Waals surface area contributed by atoms with Crippen molar-refractivity contribution in [3.05, 3.63) is 0 Å². The predicted octanol–water partition coefficient (Wildman–Crippen LogP) is 1.03. The van der Waals surface area contributed by atoms with Crippen molar-refractivity contribution in [2.45, 2.75) is 98.3 Å². The van der Waals surface area contributed by atoms with Crippen LogP contribution in [0.15, 0.2) is 0 Å². The van der Waals surface area contributed by atoms with E-state index in [0.717, 1.165) is 0 Å². The van der Waals surface area contributed by atoms with Gasteiger partial charge in [0.1, 0.15) is 44.1 Å². The first kappa shape index (κ1) is 38.4. The summed E-state index contributed by atoms with van der Waals surface area (Å²) in [5, 5.41) is 15.9. The minimum absolute atomic E-state index is 0.0661. The zero-order chi connectivity index (χ0) is 31.1. The summed E-state index contributed by atoms with van der Waals surface area (Å²) in [5.74, 6) is -2.32. The van der Waals surface area contributed by atoms with E-state index in [2.05, 4.69) is 10.6 Å². The van der Waals surface area contributed by atoms with E-state index in [1.54, 1.807) is 0 Å². The van der Waals surface area contributed by atoms with Crippen molar-refractivity contribution >= 4 is 29.8 Å². The molecule has 0 radical (unpaired) electrons. The Balaban J connectivity index is 0. The highest BCUT2D eigenvalue weighted by Gasteiger charge is 2.38. The molecule has 0 unspecified atom stereocenters. The van der Waals surface area contributed by atoms with Crippen LogP contribution in [0.2, 0.25) is 0 Å². The first-order valence-corrected chi connectivity index (χ1v) is 12.4. The lowest BCUT2D eigenvalue weighted by atomic mass is 9.97. The molecule has 0 saturated carbocycles. The number of aliphatic hydroxyl groups is 1. The average molecular weight is 565 g/mol. The Morgan fingerprint density at radius 2 is 0.692 bits per heavy atom. The molecular formula is C26H48N2O11. The molecule has 0 amide bonds. The fourth-order valence-electron chi connectivity index (χ4n) is 3.27. The topological polar surface area (TPSA) is 176 Å². The van der Waals surface area contributed by atoms with Crippen LogP contribution >= 0.6 is 0 Å². The molecule has 0 atom stereocenters. The molecule has 0 aliphatic rings. The molecule has 13 heteroatoms.